The zero-order valence-electron chi connectivity index (χ0n) is 12.2. The first kappa shape index (κ1) is 13.4. The van der Waals surface area contributed by atoms with Crippen LogP contribution in [0.1, 0.15) is 61.6 Å². The maximum Gasteiger partial charge on any atom is 0.167 e. The Hall–Kier alpha value is -1.57. The van der Waals surface area contributed by atoms with Crippen molar-refractivity contribution in [2.75, 3.05) is 0 Å². The van der Waals surface area contributed by atoms with Gasteiger partial charge in [0.2, 0.25) is 0 Å². The van der Waals surface area contributed by atoms with E-state index in [4.69, 9.17) is 4.42 Å². The van der Waals surface area contributed by atoms with Gasteiger partial charge in [0.15, 0.2) is 5.78 Å². The second-order valence-electron chi connectivity index (χ2n) is 5.86. The predicted molar refractivity (Wildman–Crippen MR) is 81.1 cm³/mol. The molecule has 2 heteroatoms. The Kier molecular flexibility index (Phi) is 3.90. The minimum atomic E-state index is 0.263. The molecule has 0 unspecified atom stereocenters. The molecule has 3 rings (SSSR count). The number of Topliss-reactive ketones (excluding diaryl/α,β-unsaturated/α-hetero) is 1. The van der Waals surface area contributed by atoms with E-state index in [2.05, 4.69) is 0 Å². The van der Waals surface area contributed by atoms with Gasteiger partial charge < -0.3 is 4.42 Å². The number of hydrogen-bond acceptors (Lipinski definition) is 2. The zero-order chi connectivity index (χ0) is 13.9. The van der Waals surface area contributed by atoms with Gasteiger partial charge >= 0.3 is 0 Å². The summed E-state index contributed by atoms with van der Waals surface area (Å²) in [6.45, 7) is 2.05. The normalized spacial score (nSPS) is 16.1. The van der Waals surface area contributed by atoms with Crippen LogP contribution in [-0.2, 0) is 6.42 Å². The molecule has 0 N–H and O–H groups in total. The highest BCUT2D eigenvalue weighted by molar-refractivity contribution is 6.08. The number of aryl methyl sites for hydroxylation is 1. The van der Waals surface area contributed by atoms with E-state index in [-0.39, 0.29) is 5.78 Å². The van der Waals surface area contributed by atoms with Crippen LogP contribution in [0, 0.1) is 5.92 Å². The molecule has 1 fully saturated rings. The van der Waals surface area contributed by atoms with Gasteiger partial charge in [0, 0.05) is 18.2 Å². The summed E-state index contributed by atoms with van der Waals surface area (Å²) in [5, 5.41) is 0.987. The van der Waals surface area contributed by atoms with Crippen LogP contribution in [0.5, 0.6) is 0 Å². The summed E-state index contributed by atoms with van der Waals surface area (Å²) in [7, 11) is 0. The van der Waals surface area contributed by atoms with Gasteiger partial charge in [-0.2, -0.15) is 0 Å². The van der Waals surface area contributed by atoms with Gasteiger partial charge in [-0.05, 0) is 18.4 Å². The van der Waals surface area contributed by atoms with Crippen molar-refractivity contribution in [1.82, 2.24) is 0 Å². The van der Waals surface area contributed by atoms with Crippen LogP contribution in [-0.4, -0.2) is 5.78 Å². The topological polar surface area (TPSA) is 30.2 Å². The molecule has 1 aromatic heterocycles. The van der Waals surface area contributed by atoms with E-state index in [0.717, 1.165) is 41.1 Å². The number of rotatable bonds is 5. The van der Waals surface area contributed by atoms with Crippen molar-refractivity contribution in [3.05, 3.63) is 35.6 Å². The van der Waals surface area contributed by atoms with Gasteiger partial charge in [0.1, 0.15) is 11.3 Å². The lowest BCUT2D eigenvalue weighted by Gasteiger charge is -2.07. The molecule has 2 nitrogen and oxygen atoms in total. The third-order valence-corrected chi connectivity index (χ3v) is 4.52. The van der Waals surface area contributed by atoms with Crippen LogP contribution < -0.4 is 0 Å². The molecule has 0 aliphatic heterocycles. The molecule has 0 saturated heterocycles. The van der Waals surface area contributed by atoms with Crippen LogP contribution in [0.25, 0.3) is 11.0 Å². The SMILES string of the molecule is CCc1oc2ccccc2c1C(=O)CCC1CCCC1. The number of para-hydroxylation sites is 1. The van der Waals surface area contributed by atoms with Crippen molar-refractivity contribution in [2.45, 2.75) is 51.9 Å². The first-order valence-corrected chi connectivity index (χ1v) is 7.83. The van der Waals surface area contributed by atoms with Crippen molar-refractivity contribution in [2.24, 2.45) is 5.92 Å². The third-order valence-electron chi connectivity index (χ3n) is 4.52. The minimum absolute atomic E-state index is 0.263. The molecule has 1 saturated carbocycles. The first-order valence-electron chi connectivity index (χ1n) is 7.83. The molecule has 0 atom stereocenters. The molecule has 0 radical (unpaired) electrons. The Morgan fingerprint density at radius 3 is 2.75 bits per heavy atom. The molecule has 0 bridgehead atoms. The quantitative estimate of drug-likeness (QED) is 0.703. The van der Waals surface area contributed by atoms with Crippen LogP contribution in [0.2, 0.25) is 0 Å². The maximum absolute atomic E-state index is 12.6. The minimum Gasteiger partial charge on any atom is -0.460 e. The molecule has 1 aliphatic carbocycles. The van der Waals surface area contributed by atoms with E-state index in [1.165, 1.54) is 25.7 Å². The highest BCUT2D eigenvalue weighted by atomic mass is 16.3. The molecule has 0 amide bonds. The van der Waals surface area contributed by atoms with Gasteiger partial charge in [-0.25, -0.2) is 0 Å². The summed E-state index contributed by atoms with van der Waals surface area (Å²) in [5.74, 6) is 1.88. The molecular formula is C18H22O2. The smallest absolute Gasteiger partial charge is 0.167 e. The average Bonchev–Trinajstić information content (AvgIpc) is 3.11. The lowest BCUT2D eigenvalue weighted by Crippen LogP contribution is -2.04. The van der Waals surface area contributed by atoms with Crippen molar-refractivity contribution in [3.8, 4) is 0 Å². The van der Waals surface area contributed by atoms with Crippen molar-refractivity contribution < 1.29 is 9.21 Å². The molecule has 1 heterocycles. The Balaban J connectivity index is 1.82. The van der Waals surface area contributed by atoms with Crippen molar-refractivity contribution in [1.29, 1.82) is 0 Å². The molecule has 20 heavy (non-hydrogen) atoms. The number of carbonyl (C=O) groups is 1. The van der Waals surface area contributed by atoms with Crippen LogP contribution in [0.15, 0.2) is 28.7 Å². The largest absolute Gasteiger partial charge is 0.460 e. The second kappa shape index (κ2) is 5.82. The zero-order valence-corrected chi connectivity index (χ0v) is 12.2. The standard InChI is InChI=1S/C18H22O2/c1-2-16-18(14-9-5-6-10-17(14)20-16)15(19)12-11-13-7-3-4-8-13/h5-6,9-10,13H,2-4,7-8,11-12H2,1H3. The van der Waals surface area contributed by atoms with Crippen LogP contribution in [0.3, 0.4) is 0 Å². The van der Waals surface area contributed by atoms with E-state index in [9.17, 15) is 4.79 Å². The second-order valence-corrected chi connectivity index (χ2v) is 5.86. The molecule has 2 aromatic rings. The van der Waals surface area contributed by atoms with Crippen LogP contribution >= 0.6 is 0 Å². The third kappa shape index (κ3) is 2.52. The predicted octanol–water partition coefficient (Wildman–Crippen LogP) is 5.15. The molecule has 106 valence electrons. The van der Waals surface area contributed by atoms with Gasteiger partial charge in [-0.3, -0.25) is 4.79 Å². The fourth-order valence-corrected chi connectivity index (χ4v) is 3.41. The van der Waals surface area contributed by atoms with Crippen molar-refractivity contribution in [3.63, 3.8) is 0 Å². The number of hydrogen-bond donors (Lipinski definition) is 0. The maximum atomic E-state index is 12.6. The lowest BCUT2D eigenvalue weighted by molar-refractivity contribution is 0.0973. The molecule has 1 aromatic carbocycles. The monoisotopic (exact) mass is 270 g/mol. The Labute approximate surface area is 120 Å². The fourth-order valence-electron chi connectivity index (χ4n) is 3.41. The Morgan fingerprint density at radius 1 is 1.25 bits per heavy atom. The summed E-state index contributed by atoms with van der Waals surface area (Å²) in [6.07, 6.45) is 7.78. The van der Waals surface area contributed by atoms with E-state index < -0.39 is 0 Å². The summed E-state index contributed by atoms with van der Waals surface area (Å²) in [6, 6.07) is 7.88. The first-order chi connectivity index (χ1) is 9.79. The Morgan fingerprint density at radius 2 is 2.00 bits per heavy atom. The van der Waals surface area contributed by atoms with Gasteiger partial charge in [-0.15, -0.1) is 0 Å². The summed E-state index contributed by atoms with van der Waals surface area (Å²) in [5.41, 5.74) is 1.68. The van der Waals surface area contributed by atoms with Gasteiger partial charge in [0.05, 0.1) is 5.56 Å². The molecular weight excluding hydrogens is 248 g/mol. The fraction of sp³-hybridized carbons (Fsp3) is 0.500. The van der Waals surface area contributed by atoms with Crippen molar-refractivity contribution >= 4 is 16.8 Å². The number of carbonyl (C=O) groups excluding carboxylic acids is 1. The summed E-state index contributed by atoms with van der Waals surface area (Å²) in [4.78, 5) is 12.6. The Bertz CT molecular complexity index is 603. The summed E-state index contributed by atoms with van der Waals surface area (Å²) < 4.78 is 5.82. The summed E-state index contributed by atoms with van der Waals surface area (Å²) >= 11 is 0. The average molecular weight is 270 g/mol. The highest BCUT2D eigenvalue weighted by Gasteiger charge is 2.21. The van der Waals surface area contributed by atoms with Gasteiger partial charge in [-0.1, -0.05) is 50.8 Å². The van der Waals surface area contributed by atoms with E-state index in [0.29, 0.717) is 6.42 Å². The lowest BCUT2D eigenvalue weighted by atomic mass is 9.96. The number of fused-ring (bicyclic) bond motifs is 1. The van der Waals surface area contributed by atoms with Crippen LogP contribution in [0.4, 0.5) is 0 Å². The van der Waals surface area contributed by atoms with E-state index in [1.54, 1.807) is 0 Å². The molecule has 0 spiro atoms. The van der Waals surface area contributed by atoms with E-state index >= 15 is 0 Å². The molecule has 1 aliphatic rings. The number of ketones is 1. The number of furan rings is 1. The van der Waals surface area contributed by atoms with E-state index in [1.807, 2.05) is 31.2 Å². The number of benzene rings is 1. The highest BCUT2D eigenvalue weighted by Crippen LogP contribution is 2.31. The van der Waals surface area contributed by atoms with Gasteiger partial charge in [0.25, 0.3) is 0 Å².